The number of carbonyl (C=O) groups is 1. The zero-order valence-electron chi connectivity index (χ0n) is 13.1. The van der Waals surface area contributed by atoms with Crippen molar-refractivity contribution < 1.29 is 9.18 Å². The van der Waals surface area contributed by atoms with Crippen molar-refractivity contribution >= 4 is 17.4 Å². The van der Waals surface area contributed by atoms with E-state index in [1.54, 1.807) is 24.4 Å². The average molecular weight is 313 g/mol. The first-order chi connectivity index (χ1) is 11.1. The van der Waals surface area contributed by atoms with E-state index in [1.807, 2.05) is 6.07 Å². The Morgan fingerprint density at radius 2 is 1.96 bits per heavy atom. The van der Waals surface area contributed by atoms with Gasteiger partial charge in [-0.2, -0.15) is 0 Å². The first kappa shape index (κ1) is 15.5. The second-order valence-electron chi connectivity index (χ2n) is 6.01. The third-order valence-electron chi connectivity index (χ3n) is 4.23. The fraction of sp³-hybridized carbons (Fsp3) is 0.333. The number of pyridine rings is 1. The lowest BCUT2D eigenvalue weighted by Crippen LogP contribution is -2.33. The van der Waals surface area contributed by atoms with Gasteiger partial charge in [0.2, 0.25) is 0 Å². The van der Waals surface area contributed by atoms with Crippen LogP contribution >= 0.6 is 0 Å². The van der Waals surface area contributed by atoms with E-state index in [4.69, 9.17) is 0 Å². The fourth-order valence-corrected chi connectivity index (χ4v) is 2.73. The van der Waals surface area contributed by atoms with Crippen LogP contribution in [0.25, 0.3) is 0 Å². The van der Waals surface area contributed by atoms with Crippen LogP contribution in [0.1, 0.15) is 30.1 Å². The van der Waals surface area contributed by atoms with Crippen LogP contribution < -0.4 is 10.2 Å². The minimum Gasteiger partial charge on any atom is -0.357 e. The van der Waals surface area contributed by atoms with Crippen LogP contribution in [0.15, 0.2) is 42.6 Å². The summed E-state index contributed by atoms with van der Waals surface area (Å²) in [6, 6.07) is 9.62. The lowest BCUT2D eigenvalue weighted by Gasteiger charge is -2.31. The summed E-state index contributed by atoms with van der Waals surface area (Å²) in [5.41, 5.74) is 0.592. The first-order valence-electron chi connectivity index (χ1n) is 7.90. The molecule has 4 nitrogen and oxygen atoms in total. The number of rotatable bonds is 3. The van der Waals surface area contributed by atoms with Gasteiger partial charge >= 0.3 is 0 Å². The van der Waals surface area contributed by atoms with Crippen molar-refractivity contribution in [2.45, 2.75) is 19.8 Å². The second-order valence-corrected chi connectivity index (χ2v) is 6.01. The van der Waals surface area contributed by atoms with Crippen molar-refractivity contribution in [2.24, 2.45) is 5.92 Å². The van der Waals surface area contributed by atoms with E-state index < -0.39 is 11.7 Å². The lowest BCUT2D eigenvalue weighted by molar-refractivity contribution is 0.102. The van der Waals surface area contributed by atoms with Crippen molar-refractivity contribution in [1.29, 1.82) is 0 Å². The fourth-order valence-electron chi connectivity index (χ4n) is 2.73. The van der Waals surface area contributed by atoms with Gasteiger partial charge in [-0.15, -0.1) is 0 Å². The maximum atomic E-state index is 13.6. The molecular weight excluding hydrogens is 293 g/mol. The van der Waals surface area contributed by atoms with E-state index in [2.05, 4.69) is 22.1 Å². The number of halogens is 1. The van der Waals surface area contributed by atoms with Gasteiger partial charge in [0.1, 0.15) is 11.6 Å². The quantitative estimate of drug-likeness (QED) is 0.939. The van der Waals surface area contributed by atoms with Gasteiger partial charge in [-0.25, -0.2) is 9.37 Å². The Morgan fingerprint density at radius 1 is 1.22 bits per heavy atom. The summed E-state index contributed by atoms with van der Waals surface area (Å²) in [6.45, 7) is 4.29. The van der Waals surface area contributed by atoms with E-state index >= 15 is 0 Å². The molecule has 0 bridgehead atoms. The van der Waals surface area contributed by atoms with Crippen LogP contribution in [0.4, 0.5) is 15.9 Å². The molecule has 23 heavy (non-hydrogen) atoms. The molecule has 1 aliphatic rings. The molecule has 0 aliphatic carbocycles. The molecule has 1 fully saturated rings. The summed E-state index contributed by atoms with van der Waals surface area (Å²) in [5, 5.41) is 2.68. The first-order valence-corrected chi connectivity index (χ1v) is 7.90. The molecule has 0 atom stereocenters. The van der Waals surface area contributed by atoms with Crippen LogP contribution in [-0.4, -0.2) is 24.0 Å². The van der Waals surface area contributed by atoms with Crippen molar-refractivity contribution in [3.05, 3.63) is 54.0 Å². The highest BCUT2D eigenvalue weighted by Gasteiger charge is 2.17. The molecule has 3 rings (SSSR count). The Bertz CT molecular complexity index is 679. The predicted molar refractivity (Wildman–Crippen MR) is 89.2 cm³/mol. The number of amides is 1. The lowest BCUT2D eigenvalue weighted by atomic mass is 9.99. The smallest absolute Gasteiger partial charge is 0.258 e. The Labute approximate surface area is 135 Å². The average Bonchev–Trinajstić information content (AvgIpc) is 2.57. The highest BCUT2D eigenvalue weighted by atomic mass is 19.1. The van der Waals surface area contributed by atoms with Gasteiger partial charge in [0.25, 0.3) is 5.91 Å². The molecule has 0 spiro atoms. The van der Waals surface area contributed by atoms with Crippen molar-refractivity contribution in [2.75, 3.05) is 23.3 Å². The molecule has 1 aliphatic heterocycles. The van der Waals surface area contributed by atoms with Gasteiger partial charge < -0.3 is 10.2 Å². The Hall–Kier alpha value is -2.43. The van der Waals surface area contributed by atoms with E-state index in [-0.39, 0.29) is 5.56 Å². The zero-order chi connectivity index (χ0) is 16.2. The molecular formula is C18H20FN3O. The molecule has 1 N–H and O–H groups in total. The number of aromatic nitrogens is 1. The molecule has 1 aromatic heterocycles. The van der Waals surface area contributed by atoms with Crippen molar-refractivity contribution in [3.63, 3.8) is 0 Å². The Kier molecular flexibility index (Phi) is 4.55. The van der Waals surface area contributed by atoms with E-state index in [0.717, 1.165) is 24.8 Å². The van der Waals surface area contributed by atoms with Crippen LogP contribution in [-0.2, 0) is 0 Å². The number of carbonyl (C=O) groups excluding carboxylic acids is 1. The maximum absolute atomic E-state index is 13.6. The van der Waals surface area contributed by atoms with Gasteiger partial charge in [-0.1, -0.05) is 19.1 Å². The number of hydrogen-bond acceptors (Lipinski definition) is 3. The van der Waals surface area contributed by atoms with Crippen LogP contribution in [0.3, 0.4) is 0 Å². The van der Waals surface area contributed by atoms with Crippen LogP contribution in [0, 0.1) is 11.7 Å². The van der Waals surface area contributed by atoms with Gasteiger partial charge in [0, 0.05) is 13.1 Å². The molecule has 0 saturated carbocycles. The summed E-state index contributed by atoms with van der Waals surface area (Å²) in [4.78, 5) is 18.7. The molecule has 0 radical (unpaired) electrons. The summed E-state index contributed by atoms with van der Waals surface area (Å²) >= 11 is 0. The minimum absolute atomic E-state index is 0.0293. The van der Waals surface area contributed by atoms with Gasteiger partial charge in [-0.3, -0.25) is 4.79 Å². The predicted octanol–water partition coefficient (Wildman–Crippen LogP) is 3.71. The summed E-state index contributed by atoms with van der Waals surface area (Å²) < 4.78 is 13.6. The molecule has 2 aromatic rings. The van der Waals surface area contributed by atoms with Crippen LogP contribution in [0.2, 0.25) is 0 Å². The van der Waals surface area contributed by atoms with E-state index in [0.29, 0.717) is 5.69 Å². The standard InChI is InChI=1S/C18H20FN3O/c1-13-8-10-22(11-9-13)17-7-6-14(12-20-17)21-18(23)15-4-2-3-5-16(15)19/h2-7,12-13H,8-11H2,1H3,(H,21,23). The Balaban J connectivity index is 1.66. The molecule has 0 unspecified atom stereocenters. The van der Waals surface area contributed by atoms with Crippen molar-refractivity contribution in [3.8, 4) is 0 Å². The van der Waals surface area contributed by atoms with E-state index in [1.165, 1.54) is 25.0 Å². The second kappa shape index (κ2) is 6.77. The van der Waals surface area contributed by atoms with Gasteiger partial charge in [-0.05, 0) is 43.0 Å². The minimum atomic E-state index is -0.531. The third-order valence-corrected chi connectivity index (χ3v) is 4.23. The third kappa shape index (κ3) is 3.67. The number of piperidine rings is 1. The Morgan fingerprint density at radius 3 is 2.61 bits per heavy atom. The topological polar surface area (TPSA) is 45.2 Å². The molecule has 1 saturated heterocycles. The molecule has 1 aromatic carbocycles. The molecule has 120 valence electrons. The number of nitrogens with one attached hydrogen (secondary N) is 1. The molecule has 5 heteroatoms. The molecule has 1 amide bonds. The highest BCUT2D eigenvalue weighted by Crippen LogP contribution is 2.22. The SMILES string of the molecule is CC1CCN(c2ccc(NC(=O)c3ccccc3F)cn2)CC1. The van der Waals surface area contributed by atoms with Crippen LogP contribution in [0.5, 0.6) is 0 Å². The van der Waals surface area contributed by atoms with Gasteiger partial charge in [0.15, 0.2) is 0 Å². The number of benzene rings is 1. The number of hydrogen-bond donors (Lipinski definition) is 1. The van der Waals surface area contributed by atoms with Crippen molar-refractivity contribution in [1.82, 2.24) is 4.98 Å². The summed E-state index contributed by atoms with van der Waals surface area (Å²) in [6.07, 6.45) is 3.97. The summed E-state index contributed by atoms with van der Waals surface area (Å²) in [7, 11) is 0. The largest absolute Gasteiger partial charge is 0.357 e. The number of anilines is 2. The maximum Gasteiger partial charge on any atom is 0.258 e. The highest BCUT2D eigenvalue weighted by molar-refractivity contribution is 6.04. The summed E-state index contributed by atoms with van der Waals surface area (Å²) in [5.74, 6) is 0.688. The molecule has 2 heterocycles. The van der Waals surface area contributed by atoms with E-state index in [9.17, 15) is 9.18 Å². The van der Waals surface area contributed by atoms with Gasteiger partial charge in [0.05, 0.1) is 17.4 Å². The number of nitrogens with zero attached hydrogens (tertiary/aromatic N) is 2. The normalized spacial score (nSPS) is 15.5. The monoisotopic (exact) mass is 313 g/mol. The zero-order valence-corrected chi connectivity index (χ0v) is 13.1.